The van der Waals surface area contributed by atoms with Crippen molar-refractivity contribution in [3.8, 4) is 11.4 Å². The van der Waals surface area contributed by atoms with E-state index < -0.39 is 11.8 Å². The zero-order valence-electron chi connectivity index (χ0n) is 9.38. The highest BCUT2D eigenvalue weighted by atomic mass is 79.9. The van der Waals surface area contributed by atoms with Crippen LogP contribution >= 0.6 is 27.7 Å². The van der Waals surface area contributed by atoms with Crippen molar-refractivity contribution in [2.75, 3.05) is 11.6 Å². The highest BCUT2D eigenvalue weighted by Crippen LogP contribution is 2.29. The molecule has 19 heavy (non-hydrogen) atoms. The Morgan fingerprint density at radius 3 is 2.95 bits per heavy atom. The van der Waals surface area contributed by atoms with Crippen molar-refractivity contribution in [2.45, 2.75) is 5.16 Å². The third-order valence-corrected chi connectivity index (χ3v) is 3.92. The van der Waals surface area contributed by atoms with Crippen molar-refractivity contribution in [1.82, 2.24) is 14.9 Å². The Hall–Kier alpha value is -1.61. The lowest BCUT2D eigenvalue weighted by atomic mass is 10.2. The molecule has 2 aromatic rings. The minimum Gasteiger partial charge on any atom is -0.481 e. The van der Waals surface area contributed by atoms with Crippen LogP contribution in [-0.2, 0) is 4.79 Å². The fourth-order valence-electron chi connectivity index (χ4n) is 1.36. The maximum atomic E-state index is 13.4. The summed E-state index contributed by atoms with van der Waals surface area (Å²) >= 11 is 4.05. The number of carbonyl (C=O) groups is 1. The molecule has 0 amide bonds. The van der Waals surface area contributed by atoms with E-state index in [1.54, 1.807) is 6.07 Å². The average molecular weight is 347 g/mol. The van der Waals surface area contributed by atoms with Gasteiger partial charge in [-0.1, -0.05) is 17.8 Å². The molecule has 100 valence electrons. The summed E-state index contributed by atoms with van der Waals surface area (Å²) in [7, 11) is 0. The molecule has 0 saturated carbocycles. The minimum atomic E-state index is -0.985. The molecule has 0 radical (unpaired) electrons. The van der Waals surface area contributed by atoms with Gasteiger partial charge in [-0.15, -0.1) is 10.2 Å². The van der Waals surface area contributed by atoms with Gasteiger partial charge in [0.1, 0.15) is 5.82 Å². The standard InChI is InChI=1S/C10H8BrFN4O2S/c11-8-5(2-1-3-6(8)12)9-14-15-10(16(9)13)19-4-7(17)18/h1-3H,4,13H2,(H,17,18). The van der Waals surface area contributed by atoms with Crippen molar-refractivity contribution in [2.24, 2.45) is 0 Å². The highest BCUT2D eigenvalue weighted by molar-refractivity contribution is 9.10. The van der Waals surface area contributed by atoms with Crippen molar-refractivity contribution < 1.29 is 14.3 Å². The Labute approximate surface area is 119 Å². The second kappa shape index (κ2) is 5.57. The lowest BCUT2D eigenvalue weighted by molar-refractivity contribution is -0.133. The molecular formula is C10H8BrFN4O2S. The van der Waals surface area contributed by atoms with Crippen molar-refractivity contribution >= 4 is 33.7 Å². The van der Waals surface area contributed by atoms with Gasteiger partial charge in [0.15, 0.2) is 5.82 Å². The molecule has 9 heteroatoms. The molecule has 1 aromatic carbocycles. The Bertz CT molecular complexity index is 634. The van der Waals surface area contributed by atoms with Crippen molar-refractivity contribution in [3.63, 3.8) is 0 Å². The van der Waals surface area contributed by atoms with E-state index in [2.05, 4.69) is 26.1 Å². The normalized spacial score (nSPS) is 10.6. The number of halogens is 2. The largest absolute Gasteiger partial charge is 0.481 e. The lowest BCUT2D eigenvalue weighted by Gasteiger charge is -2.05. The maximum absolute atomic E-state index is 13.4. The summed E-state index contributed by atoms with van der Waals surface area (Å²) in [5, 5.41) is 16.5. The van der Waals surface area contributed by atoms with Crippen LogP contribution in [0.2, 0.25) is 0 Å². The SMILES string of the molecule is Nn1c(SCC(=O)O)nnc1-c1cccc(F)c1Br. The smallest absolute Gasteiger partial charge is 0.313 e. The molecule has 3 N–H and O–H groups in total. The van der Waals surface area contributed by atoms with Gasteiger partial charge >= 0.3 is 5.97 Å². The molecule has 0 aliphatic rings. The number of nitrogen functional groups attached to an aromatic ring is 1. The number of carboxylic acids is 1. The van der Waals surface area contributed by atoms with Crippen LogP contribution in [0.1, 0.15) is 0 Å². The second-order valence-electron chi connectivity index (χ2n) is 3.46. The first kappa shape index (κ1) is 13.8. The van der Waals surface area contributed by atoms with E-state index in [1.165, 1.54) is 12.1 Å². The quantitative estimate of drug-likeness (QED) is 0.646. The molecule has 2 rings (SSSR count). The minimum absolute atomic E-state index is 0.181. The monoisotopic (exact) mass is 346 g/mol. The van der Waals surface area contributed by atoms with Gasteiger partial charge in [-0.2, -0.15) is 0 Å². The first-order valence-electron chi connectivity index (χ1n) is 5.00. The first-order chi connectivity index (χ1) is 9.00. The number of aliphatic carboxylic acids is 1. The van der Waals surface area contributed by atoms with E-state index in [4.69, 9.17) is 10.9 Å². The fraction of sp³-hybridized carbons (Fsp3) is 0.100. The van der Waals surface area contributed by atoms with E-state index in [0.717, 1.165) is 16.4 Å². The number of rotatable bonds is 4. The molecular weight excluding hydrogens is 339 g/mol. The Morgan fingerprint density at radius 1 is 1.53 bits per heavy atom. The van der Waals surface area contributed by atoms with E-state index in [0.29, 0.717) is 5.56 Å². The second-order valence-corrected chi connectivity index (χ2v) is 5.20. The molecule has 0 atom stereocenters. The number of carboxylic acid groups (broad SMARTS) is 1. The lowest BCUT2D eigenvalue weighted by Crippen LogP contribution is -2.12. The first-order valence-corrected chi connectivity index (χ1v) is 6.78. The predicted molar refractivity (Wildman–Crippen MR) is 71.6 cm³/mol. The summed E-state index contributed by atoms with van der Waals surface area (Å²) in [4.78, 5) is 10.5. The molecule has 0 aliphatic heterocycles. The number of thioether (sulfide) groups is 1. The van der Waals surface area contributed by atoms with Crippen LogP contribution in [0, 0.1) is 5.82 Å². The summed E-state index contributed by atoms with van der Waals surface area (Å²) in [6.07, 6.45) is 0. The highest BCUT2D eigenvalue weighted by Gasteiger charge is 2.16. The Kier molecular flexibility index (Phi) is 4.05. The number of benzene rings is 1. The molecule has 1 aromatic heterocycles. The van der Waals surface area contributed by atoms with Crippen LogP contribution in [0.25, 0.3) is 11.4 Å². The molecule has 0 fully saturated rings. The van der Waals surface area contributed by atoms with Crippen molar-refractivity contribution in [3.05, 3.63) is 28.5 Å². The van der Waals surface area contributed by atoms with Gasteiger partial charge in [0.05, 0.1) is 10.2 Å². The maximum Gasteiger partial charge on any atom is 0.313 e. The number of nitrogens with zero attached hydrogens (tertiary/aromatic N) is 3. The van der Waals surface area contributed by atoms with Gasteiger partial charge in [0.25, 0.3) is 0 Å². The van der Waals surface area contributed by atoms with E-state index in [-0.39, 0.29) is 21.2 Å². The van der Waals surface area contributed by atoms with Gasteiger partial charge in [0, 0.05) is 5.56 Å². The van der Waals surface area contributed by atoms with Crippen LogP contribution in [0.4, 0.5) is 4.39 Å². The van der Waals surface area contributed by atoms with Gasteiger partial charge in [-0.25, -0.2) is 9.07 Å². The van der Waals surface area contributed by atoms with E-state index in [1.807, 2.05) is 0 Å². The number of aromatic nitrogens is 3. The summed E-state index contributed by atoms with van der Waals surface area (Å²) in [6, 6.07) is 4.45. The number of hydrogen-bond acceptors (Lipinski definition) is 5. The summed E-state index contributed by atoms with van der Waals surface area (Å²) in [6.45, 7) is 0. The molecule has 0 bridgehead atoms. The third kappa shape index (κ3) is 2.87. The van der Waals surface area contributed by atoms with Gasteiger partial charge in [-0.05, 0) is 28.1 Å². The Balaban J connectivity index is 2.36. The van der Waals surface area contributed by atoms with Crippen LogP contribution in [0.3, 0.4) is 0 Å². The summed E-state index contributed by atoms with van der Waals surface area (Å²) < 4.78 is 14.8. The summed E-state index contributed by atoms with van der Waals surface area (Å²) in [5.74, 6) is 4.41. The predicted octanol–water partition coefficient (Wildman–Crippen LogP) is 1.74. The molecule has 1 heterocycles. The topological polar surface area (TPSA) is 94.0 Å². The fourth-order valence-corrected chi connectivity index (χ4v) is 2.38. The zero-order valence-corrected chi connectivity index (χ0v) is 11.8. The van der Waals surface area contributed by atoms with Gasteiger partial charge < -0.3 is 10.9 Å². The molecule has 0 saturated heterocycles. The molecule has 0 spiro atoms. The summed E-state index contributed by atoms with van der Waals surface area (Å²) in [5.41, 5.74) is 0.442. The van der Waals surface area contributed by atoms with E-state index in [9.17, 15) is 9.18 Å². The average Bonchev–Trinajstić information content (AvgIpc) is 2.72. The number of hydrogen-bond donors (Lipinski definition) is 2. The Morgan fingerprint density at radius 2 is 2.26 bits per heavy atom. The van der Waals surface area contributed by atoms with Crippen molar-refractivity contribution in [1.29, 1.82) is 0 Å². The third-order valence-electron chi connectivity index (χ3n) is 2.18. The van der Waals surface area contributed by atoms with Crippen LogP contribution < -0.4 is 5.84 Å². The van der Waals surface area contributed by atoms with Gasteiger partial charge in [-0.3, -0.25) is 4.79 Å². The molecule has 0 unspecified atom stereocenters. The molecule has 6 nitrogen and oxygen atoms in total. The number of nitrogens with two attached hydrogens (primary N) is 1. The van der Waals surface area contributed by atoms with Crippen LogP contribution in [0.15, 0.2) is 27.8 Å². The van der Waals surface area contributed by atoms with Crippen LogP contribution in [0.5, 0.6) is 0 Å². The zero-order chi connectivity index (χ0) is 14.0. The molecule has 0 aliphatic carbocycles. The van der Waals surface area contributed by atoms with Gasteiger partial charge in [0.2, 0.25) is 5.16 Å². The van der Waals surface area contributed by atoms with Crippen LogP contribution in [-0.4, -0.2) is 31.7 Å². The van der Waals surface area contributed by atoms with E-state index >= 15 is 0 Å².